The molecule has 4 nitrogen and oxygen atoms in total. The van der Waals surface area contributed by atoms with E-state index in [0.29, 0.717) is 23.3 Å². The number of amides is 2. The standard InChI is InChI=1S/C21H23NO3/c1-25-17-11-3-2-10-16(17)22-20(23)18-14-8-4-6-12(14)13-7-5-9-15(13)19(18)21(22)24/h2-3,10-11,14-15,18-19H,4-9H2,1H3/t14-,15+,18-,19+. The molecule has 4 aliphatic rings. The van der Waals surface area contributed by atoms with Gasteiger partial charge >= 0.3 is 0 Å². The van der Waals surface area contributed by atoms with Crippen LogP contribution >= 0.6 is 0 Å². The maximum absolute atomic E-state index is 13.4. The van der Waals surface area contributed by atoms with Crippen molar-refractivity contribution in [1.29, 1.82) is 0 Å². The minimum Gasteiger partial charge on any atom is -0.495 e. The molecule has 1 aliphatic heterocycles. The smallest absolute Gasteiger partial charge is 0.238 e. The lowest BCUT2D eigenvalue weighted by Crippen LogP contribution is -2.35. The van der Waals surface area contributed by atoms with Gasteiger partial charge in [-0.2, -0.15) is 0 Å². The zero-order chi connectivity index (χ0) is 17.1. The first kappa shape index (κ1) is 15.2. The number of imide groups is 1. The van der Waals surface area contributed by atoms with Gasteiger partial charge in [0.05, 0.1) is 24.6 Å². The highest BCUT2D eigenvalue weighted by Gasteiger charge is 2.59. The SMILES string of the molecule is COc1ccccc1N1C(=O)[C@@H]2[C@H](C1=O)[C@@H]1CCCC1=C1CCC[C@@H]12. The number of nitrogens with zero attached hydrogens (tertiary/aromatic N) is 1. The van der Waals surface area contributed by atoms with Gasteiger partial charge in [-0.3, -0.25) is 9.59 Å². The summed E-state index contributed by atoms with van der Waals surface area (Å²) in [4.78, 5) is 28.2. The van der Waals surface area contributed by atoms with Gasteiger partial charge < -0.3 is 4.74 Å². The first-order chi connectivity index (χ1) is 12.2. The number of para-hydroxylation sites is 2. The fourth-order valence-corrected chi connectivity index (χ4v) is 5.94. The number of allylic oxidation sites excluding steroid dienone is 2. The van der Waals surface area contributed by atoms with Crippen molar-refractivity contribution in [3.63, 3.8) is 0 Å². The Morgan fingerprint density at radius 3 is 2.04 bits per heavy atom. The van der Waals surface area contributed by atoms with Crippen molar-refractivity contribution in [2.45, 2.75) is 38.5 Å². The van der Waals surface area contributed by atoms with Gasteiger partial charge in [-0.1, -0.05) is 23.3 Å². The molecule has 1 heterocycles. The van der Waals surface area contributed by atoms with Gasteiger partial charge in [-0.25, -0.2) is 4.90 Å². The third kappa shape index (κ3) is 1.94. The van der Waals surface area contributed by atoms with Crippen LogP contribution < -0.4 is 9.64 Å². The van der Waals surface area contributed by atoms with Gasteiger partial charge in [0.25, 0.3) is 0 Å². The van der Waals surface area contributed by atoms with E-state index in [4.69, 9.17) is 4.74 Å². The molecule has 1 aromatic carbocycles. The second-order valence-corrected chi connectivity index (χ2v) is 7.78. The number of benzene rings is 1. The lowest BCUT2D eigenvalue weighted by atomic mass is 9.66. The molecule has 0 unspecified atom stereocenters. The molecule has 0 radical (unpaired) electrons. The fraction of sp³-hybridized carbons (Fsp3) is 0.524. The zero-order valence-electron chi connectivity index (χ0n) is 14.5. The number of fused-ring (bicyclic) bond motifs is 5. The molecule has 3 aliphatic carbocycles. The summed E-state index contributed by atoms with van der Waals surface area (Å²) < 4.78 is 5.42. The number of hydrogen-bond donors (Lipinski definition) is 0. The minimum absolute atomic E-state index is 0.00477. The molecule has 0 N–H and O–H groups in total. The van der Waals surface area contributed by atoms with E-state index in [1.807, 2.05) is 24.3 Å². The highest BCUT2D eigenvalue weighted by molar-refractivity contribution is 6.23. The van der Waals surface area contributed by atoms with E-state index in [1.165, 1.54) is 16.0 Å². The highest BCUT2D eigenvalue weighted by atomic mass is 16.5. The van der Waals surface area contributed by atoms with E-state index in [1.54, 1.807) is 7.11 Å². The molecule has 4 heteroatoms. The number of hydrogen-bond acceptors (Lipinski definition) is 3. The highest BCUT2D eigenvalue weighted by Crippen LogP contribution is 2.58. The van der Waals surface area contributed by atoms with E-state index in [9.17, 15) is 9.59 Å². The molecule has 3 fully saturated rings. The average molecular weight is 337 g/mol. The molecule has 2 saturated carbocycles. The first-order valence-corrected chi connectivity index (χ1v) is 9.45. The lowest BCUT2D eigenvalue weighted by Gasteiger charge is -2.34. The predicted octanol–water partition coefficient (Wildman–Crippen LogP) is 3.71. The van der Waals surface area contributed by atoms with Gasteiger partial charge in [-0.05, 0) is 62.5 Å². The maximum atomic E-state index is 13.4. The number of carbonyl (C=O) groups excluding carboxylic acids is 2. The first-order valence-electron chi connectivity index (χ1n) is 9.45. The van der Waals surface area contributed by atoms with E-state index in [-0.39, 0.29) is 23.7 Å². The van der Waals surface area contributed by atoms with Gasteiger partial charge in [0.15, 0.2) is 0 Å². The van der Waals surface area contributed by atoms with Crippen LogP contribution in [0.3, 0.4) is 0 Å². The second-order valence-electron chi connectivity index (χ2n) is 7.78. The van der Waals surface area contributed by atoms with Crippen LogP contribution in [-0.4, -0.2) is 18.9 Å². The van der Waals surface area contributed by atoms with Crippen molar-refractivity contribution in [3.8, 4) is 5.75 Å². The van der Waals surface area contributed by atoms with Gasteiger partial charge in [0.2, 0.25) is 11.8 Å². The lowest BCUT2D eigenvalue weighted by molar-refractivity contribution is -0.122. The summed E-state index contributed by atoms with van der Waals surface area (Å²) in [6, 6.07) is 7.37. The summed E-state index contributed by atoms with van der Waals surface area (Å²) >= 11 is 0. The van der Waals surface area contributed by atoms with Crippen molar-refractivity contribution in [2.75, 3.05) is 12.0 Å². The predicted molar refractivity (Wildman–Crippen MR) is 94.2 cm³/mol. The van der Waals surface area contributed by atoms with Crippen LogP contribution in [0.1, 0.15) is 38.5 Å². The largest absolute Gasteiger partial charge is 0.495 e. The van der Waals surface area contributed by atoms with Gasteiger partial charge in [-0.15, -0.1) is 0 Å². The third-order valence-corrected chi connectivity index (χ3v) is 6.82. The third-order valence-electron chi connectivity index (χ3n) is 6.82. The van der Waals surface area contributed by atoms with Crippen LogP contribution in [0.15, 0.2) is 35.4 Å². The summed E-state index contributed by atoms with van der Waals surface area (Å²) in [6.07, 6.45) is 6.72. The van der Waals surface area contributed by atoms with Crippen LogP contribution in [0.2, 0.25) is 0 Å². The summed E-state index contributed by atoms with van der Waals surface area (Å²) in [5, 5.41) is 0. The average Bonchev–Trinajstić information content (AvgIpc) is 3.33. The van der Waals surface area contributed by atoms with Gasteiger partial charge in [0, 0.05) is 0 Å². The van der Waals surface area contributed by atoms with Crippen LogP contribution in [0.5, 0.6) is 5.75 Å². The Morgan fingerprint density at radius 2 is 1.48 bits per heavy atom. The molecule has 4 atom stereocenters. The molecule has 25 heavy (non-hydrogen) atoms. The quantitative estimate of drug-likeness (QED) is 0.610. The zero-order valence-corrected chi connectivity index (χ0v) is 14.5. The molecular formula is C21H23NO3. The van der Waals surface area contributed by atoms with Crippen LogP contribution in [0, 0.1) is 23.7 Å². The van der Waals surface area contributed by atoms with Crippen molar-refractivity contribution < 1.29 is 14.3 Å². The monoisotopic (exact) mass is 337 g/mol. The molecule has 1 saturated heterocycles. The van der Waals surface area contributed by atoms with Crippen molar-refractivity contribution >= 4 is 17.5 Å². The number of ether oxygens (including phenoxy) is 1. The molecule has 0 aromatic heterocycles. The number of carbonyl (C=O) groups is 2. The Balaban J connectivity index is 1.62. The summed E-state index contributed by atoms with van der Waals surface area (Å²) in [5.41, 5.74) is 3.67. The Bertz CT molecular complexity index is 754. The van der Waals surface area contributed by atoms with E-state index >= 15 is 0 Å². The van der Waals surface area contributed by atoms with E-state index in [2.05, 4.69) is 0 Å². The fourth-order valence-electron chi connectivity index (χ4n) is 5.94. The molecule has 5 rings (SSSR count). The Labute approximate surface area is 147 Å². The van der Waals surface area contributed by atoms with Crippen molar-refractivity contribution in [1.82, 2.24) is 0 Å². The summed E-state index contributed by atoms with van der Waals surface area (Å²) in [7, 11) is 1.59. The number of rotatable bonds is 2. The maximum Gasteiger partial charge on any atom is 0.238 e. The van der Waals surface area contributed by atoms with Crippen molar-refractivity contribution in [2.24, 2.45) is 23.7 Å². The van der Waals surface area contributed by atoms with Crippen LogP contribution in [0.25, 0.3) is 0 Å². The second kappa shape index (κ2) is 5.45. The Kier molecular flexibility index (Phi) is 3.31. The summed E-state index contributed by atoms with van der Waals surface area (Å²) in [5.74, 6) is 0.873. The molecular weight excluding hydrogens is 314 g/mol. The molecule has 130 valence electrons. The summed E-state index contributed by atoms with van der Waals surface area (Å²) in [6.45, 7) is 0. The molecule has 1 aromatic rings. The number of anilines is 1. The van der Waals surface area contributed by atoms with Crippen LogP contribution in [0.4, 0.5) is 5.69 Å². The topological polar surface area (TPSA) is 46.6 Å². The van der Waals surface area contributed by atoms with Crippen LogP contribution in [-0.2, 0) is 9.59 Å². The molecule has 0 bridgehead atoms. The Morgan fingerprint density at radius 1 is 0.920 bits per heavy atom. The van der Waals surface area contributed by atoms with E-state index in [0.717, 1.165) is 38.5 Å². The minimum atomic E-state index is -0.151. The molecule has 2 amide bonds. The van der Waals surface area contributed by atoms with Crippen molar-refractivity contribution in [3.05, 3.63) is 35.4 Å². The van der Waals surface area contributed by atoms with Gasteiger partial charge in [0.1, 0.15) is 5.75 Å². The van der Waals surface area contributed by atoms with E-state index < -0.39 is 0 Å². The Hall–Kier alpha value is -2.10. The normalized spacial score (nSPS) is 33.6. The number of methoxy groups -OCH3 is 1. The molecule has 0 spiro atoms.